The fraction of sp³-hybridized carbons (Fsp3) is 0.364. The fourth-order valence-corrected chi connectivity index (χ4v) is 3.44. The summed E-state index contributed by atoms with van der Waals surface area (Å²) in [6.45, 7) is 4.93. The molecular formula is C22H27N3O3. The van der Waals surface area contributed by atoms with E-state index in [1.807, 2.05) is 41.3 Å². The zero-order valence-corrected chi connectivity index (χ0v) is 16.5. The zero-order valence-electron chi connectivity index (χ0n) is 16.5. The van der Waals surface area contributed by atoms with Gasteiger partial charge < -0.3 is 15.0 Å². The van der Waals surface area contributed by atoms with Gasteiger partial charge >= 0.3 is 0 Å². The lowest BCUT2D eigenvalue weighted by Crippen LogP contribution is -2.50. The van der Waals surface area contributed by atoms with Crippen LogP contribution >= 0.6 is 0 Å². The van der Waals surface area contributed by atoms with Gasteiger partial charge in [-0.05, 0) is 30.2 Å². The molecule has 1 N–H and O–H groups in total. The topological polar surface area (TPSA) is 61.9 Å². The van der Waals surface area contributed by atoms with Crippen molar-refractivity contribution in [2.75, 3.05) is 45.2 Å². The van der Waals surface area contributed by atoms with Crippen molar-refractivity contribution in [2.24, 2.45) is 0 Å². The quantitative estimate of drug-likeness (QED) is 0.836. The number of nitrogens with one attached hydrogen (secondary N) is 1. The molecule has 1 aliphatic heterocycles. The first kappa shape index (κ1) is 19.9. The summed E-state index contributed by atoms with van der Waals surface area (Å²) in [5.74, 6) is 0.535. The molecule has 2 aromatic carbocycles. The number of piperazine rings is 1. The Kier molecular flexibility index (Phi) is 6.66. The Labute approximate surface area is 166 Å². The van der Waals surface area contributed by atoms with Crippen molar-refractivity contribution in [2.45, 2.75) is 13.3 Å². The number of methoxy groups -OCH3 is 1. The standard InChI is InChI=1S/C22H27N3O3/c1-3-17-8-4-6-10-19(17)23-21(26)16-24-12-14-25(15-13-24)22(27)18-9-5-7-11-20(18)28-2/h4-11H,3,12-16H2,1-2H3,(H,23,26). The summed E-state index contributed by atoms with van der Waals surface area (Å²) in [5, 5.41) is 3.01. The summed E-state index contributed by atoms with van der Waals surface area (Å²) in [6, 6.07) is 15.1. The number of aryl methyl sites for hydroxylation is 1. The van der Waals surface area contributed by atoms with Gasteiger partial charge in [0.15, 0.2) is 0 Å². The molecule has 148 valence electrons. The van der Waals surface area contributed by atoms with Crippen LogP contribution < -0.4 is 10.1 Å². The highest BCUT2D eigenvalue weighted by Gasteiger charge is 2.25. The van der Waals surface area contributed by atoms with Crippen LogP contribution in [0, 0.1) is 0 Å². The minimum absolute atomic E-state index is 0.0228. The third-order valence-corrected chi connectivity index (χ3v) is 5.04. The Hall–Kier alpha value is -2.86. The second kappa shape index (κ2) is 9.37. The molecule has 2 aromatic rings. The predicted molar refractivity (Wildman–Crippen MR) is 110 cm³/mol. The van der Waals surface area contributed by atoms with Crippen molar-refractivity contribution in [3.8, 4) is 5.75 Å². The van der Waals surface area contributed by atoms with Gasteiger partial charge in [-0.3, -0.25) is 14.5 Å². The highest BCUT2D eigenvalue weighted by Crippen LogP contribution is 2.20. The van der Waals surface area contributed by atoms with Crippen LogP contribution in [0.15, 0.2) is 48.5 Å². The number of anilines is 1. The molecule has 1 heterocycles. The van der Waals surface area contributed by atoms with Crippen LogP contribution in [0.1, 0.15) is 22.8 Å². The normalized spacial score (nSPS) is 14.6. The number of carbonyl (C=O) groups excluding carboxylic acids is 2. The summed E-state index contributed by atoms with van der Waals surface area (Å²) in [7, 11) is 1.57. The van der Waals surface area contributed by atoms with Gasteiger partial charge in [-0.25, -0.2) is 0 Å². The Morgan fingerprint density at radius 3 is 2.39 bits per heavy atom. The first-order valence-corrected chi connectivity index (χ1v) is 9.64. The van der Waals surface area contributed by atoms with Crippen LogP contribution in [-0.2, 0) is 11.2 Å². The molecule has 1 fully saturated rings. The summed E-state index contributed by atoms with van der Waals surface area (Å²) < 4.78 is 5.30. The average Bonchev–Trinajstić information content (AvgIpc) is 2.74. The number of hydrogen-bond acceptors (Lipinski definition) is 4. The number of benzene rings is 2. The Balaban J connectivity index is 1.52. The van der Waals surface area contributed by atoms with Crippen LogP contribution in [0.2, 0.25) is 0 Å². The highest BCUT2D eigenvalue weighted by atomic mass is 16.5. The number of amides is 2. The molecule has 0 spiro atoms. The largest absolute Gasteiger partial charge is 0.496 e. The number of ether oxygens (including phenoxy) is 1. The van der Waals surface area contributed by atoms with E-state index in [-0.39, 0.29) is 11.8 Å². The first-order chi connectivity index (χ1) is 13.6. The van der Waals surface area contributed by atoms with Crippen molar-refractivity contribution in [1.82, 2.24) is 9.80 Å². The van der Waals surface area contributed by atoms with E-state index in [0.717, 1.165) is 17.7 Å². The van der Waals surface area contributed by atoms with Crippen molar-refractivity contribution in [3.05, 3.63) is 59.7 Å². The van der Waals surface area contributed by atoms with E-state index < -0.39 is 0 Å². The van der Waals surface area contributed by atoms with Gasteiger partial charge in [-0.15, -0.1) is 0 Å². The van der Waals surface area contributed by atoms with E-state index in [1.54, 1.807) is 19.2 Å². The maximum Gasteiger partial charge on any atom is 0.257 e. The molecule has 28 heavy (non-hydrogen) atoms. The van der Waals surface area contributed by atoms with Crippen LogP contribution in [-0.4, -0.2) is 61.4 Å². The molecule has 0 aromatic heterocycles. The van der Waals surface area contributed by atoms with E-state index in [9.17, 15) is 9.59 Å². The second-order valence-electron chi connectivity index (χ2n) is 6.83. The van der Waals surface area contributed by atoms with Crippen molar-refractivity contribution >= 4 is 17.5 Å². The van der Waals surface area contributed by atoms with Gasteiger partial charge in [-0.1, -0.05) is 37.3 Å². The molecule has 0 aliphatic carbocycles. The molecule has 1 saturated heterocycles. The molecule has 0 bridgehead atoms. The van der Waals surface area contributed by atoms with Gasteiger partial charge in [0.2, 0.25) is 5.91 Å². The van der Waals surface area contributed by atoms with Gasteiger partial charge in [0.05, 0.1) is 19.2 Å². The monoisotopic (exact) mass is 381 g/mol. The molecular weight excluding hydrogens is 354 g/mol. The van der Waals surface area contributed by atoms with Gasteiger partial charge in [0, 0.05) is 31.9 Å². The summed E-state index contributed by atoms with van der Waals surface area (Å²) in [6.07, 6.45) is 0.875. The second-order valence-corrected chi connectivity index (χ2v) is 6.83. The van der Waals surface area contributed by atoms with Crippen LogP contribution in [0.5, 0.6) is 5.75 Å². The lowest BCUT2D eigenvalue weighted by Gasteiger charge is -2.34. The lowest BCUT2D eigenvalue weighted by atomic mass is 10.1. The summed E-state index contributed by atoms with van der Waals surface area (Å²) >= 11 is 0. The van der Waals surface area contributed by atoms with Gasteiger partial charge in [0.25, 0.3) is 5.91 Å². The SMILES string of the molecule is CCc1ccccc1NC(=O)CN1CCN(C(=O)c2ccccc2OC)CC1. The third kappa shape index (κ3) is 4.70. The smallest absolute Gasteiger partial charge is 0.257 e. The minimum atomic E-state index is -0.0292. The molecule has 1 aliphatic rings. The fourth-order valence-electron chi connectivity index (χ4n) is 3.44. The molecule has 3 rings (SSSR count). The van der Waals surface area contributed by atoms with Crippen molar-refractivity contribution < 1.29 is 14.3 Å². The molecule has 2 amide bonds. The van der Waals surface area contributed by atoms with Crippen LogP contribution in [0.4, 0.5) is 5.69 Å². The maximum atomic E-state index is 12.8. The van der Waals surface area contributed by atoms with Gasteiger partial charge in [-0.2, -0.15) is 0 Å². The van der Waals surface area contributed by atoms with E-state index in [2.05, 4.69) is 17.1 Å². The Morgan fingerprint density at radius 2 is 1.68 bits per heavy atom. The van der Waals surface area contributed by atoms with E-state index in [0.29, 0.717) is 44.0 Å². The molecule has 6 heteroatoms. The Bertz CT molecular complexity index is 829. The number of hydrogen-bond donors (Lipinski definition) is 1. The van der Waals surface area contributed by atoms with E-state index >= 15 is 0 Å². The van der Waals surface area contributed by atoms with Crippen LogP contribution in [0.25, 0.3) is 0 Å². The third-order valence-electron chi connectivity index (χ3n) is 5.04. The number of para-hydroxylation sites is 2. The van der Waals surface area contributed by atoms with Crippen LogP contribution in [0.3, 0.4) is 0 Å². The molecule has 0 saturated carbocycles. The molecule has 0 atom stereocenters. The first-order valence-electron chi connectivity index (χ1n) is 9.64. The number of nitrogens with zero attached hydrogens (tertiary/aromatic N) is 2. The van der Waals surface area contributed by atoms with E-state index in [1.165, 1.54) is 0 Å². The number of carbonyl (C=O) groups is 2. The lowest BCUT2D eigenvalue weighted by molar-refractivity contribution is -0.117. The highest BCUT2D eigenvalue weighted by molar-refractivity contribution is 5.97. The van der Waals surface area contributed by atoms with Crippen molar-refractivity contribution in [3.63, 3.8) is 0 Å². The average molecular weight is 381 g/mol. The Morgan fingerprint density at radius 1 is 1.00 bits per heavy atom. The predicted octanol–water partition coefficient (Wildman–Crippen LogP) is 2.65. The molecule has 0 unspecified atom stereocenters. The molecule has 6 nitrogen and oxygen atoms in total. The van der Waals surface area contributed by atoms with E-state index in [4.69, 9.17) is 4.74 Å². The molecule has 0 radical (unpaired) electrons. The summed E-state index contributed by atoms with van der Waals surface area (Å²) in [4.78, 5) is 29.1. The van der Waals surface area contributed by atoms with Gasteiger partial charge in [0.1, 0.15) is 5.75 Å². The number of rotatable bonds is 6. The zero-order chi connectivity index (χ0) is 19.9. The van der Waals surface area contributed by atoms with Crippen molar-refractivity contribution in [1.29, 1.82) is 0 Å². The maximum absolute atomic E-state index is 12.8. The minimum Gasteiger partial charge on any atom is -0.496 e. The summed E-state index contributed by atoms with van der Waals surface area (Å²) in [5.41, 5.74) is 2.58.